The normalized spacial score (nSPS) is 10.3. The lowest BCUT2D eigenvalue weighted by Crippen LogP contribution is -2.31. The van der Waals surface area contributed by atoms with E-state index in [4.69, 9.17) is 10.00 Å². The number of nitro groups is 1. The molecule has 0 radical (unpaired) electrons. The van der Waals surface area contributed by atoms with Crippen LogP contribution in [0.3, 0.4) is 0 Å². The summed E-state index contributed by atoms with van der Waals surface area (Å²) in [6.45, 7) is 5.33. The number of aryl methyl sites for hydroxylation is 2. The van der Waals surface area contributed by atoms with Gasteiger partial charge in [0.2, 0.25) is 5.82 Å². The highest BCUT2D eigenvalue weighted by Crippen LogP contribution is 2.31. The number of rotatable bonds is 8. The Hall–Kier alpha value is -2.14. The van der Waals surface area contributed by atoms with Crippen molar-refractivity contribution in [3.05, 3.63) is 15.8 Å². The standard InChI is InChI=1S/C12H19N5O3/c1-4-16-12(11(17(18)19)10(2)14-16)15(7-5-6-13)8-9-20-3/h4-5,7-9H2,1-3H3. The maximum absolute atomic E-state index is 11.3. The van der Waals surface area contributed by atoms with E-state index in [0.717, 1.165) is 0 Å². The number of nitrogens with zero attached hydrogens (tertiary/aromatic N) is 5. The van der Waals surface area contributed by atoms with E-state index in [9.17, 15) is 10.1 Å². The second-order valence-electron chi connectivity index (χ2n) is 4.22. The fourth-order valence-electron chi connectivity index (χ4n) is 2.02. The monoisotopic (exact) mass is 281 g/mol. The predicted molar refractivity (Wildman–Crippen MR) is 73.6 cm³/mol. The van der Waals surface area contributed by atoms with Crippen LogP contribution < -0.4 is 4.90 Å². The molecule has 0 N–H and O–H groups in total. The number of ether oxygens (including phenoxy) is 1. The van der Waals surface area contributed by atoms with Gasteiger partial charge in [0, 0.05) is 26.7 Å². The molecule has 1 aromatic heterocycles. The van der Waals surface area contributed by atoms with Crippen LogP contribution in [0, 0.1) is 28.4 Å². The van der Waals surface area contributed by atoms with Crippen molar-refractivity contribution in [3.63, 3.8) is 0 Å². The summed E-state index contributed by atoms with van der Waals surface area (Å²) in [5.74, 6) is 0.447. The fourth-order valence-corrected chi connectivity index (χ4v) is 2.02. The van der Waals surface area contributed by atoms with E-state index in [2.05, 4.69) is 11.2 Å². The summed E-state index contributed by atoms with van der Waals surface area (Å²) in [6.07, 6.45) is 0.287. The SMILES string of the molecule is CCn1nc(C)c([N+](=O)[O-])c1N(CCC#N)CCOC. The quantitative estimate of drug-likeness (QED) is 0.529. The third kappa shape index (κ3) is 3.45. The summed E-state index contributed by atoms with van der Waals surface area (Å²) in [5.41, 5.74) is 0.382. The molecule has 0 spiro atoms. The zero-order valence-corrected chi connectivity index (χ0v) is 12.0. The molecule has 0 aliphatic rings. The van der Waals surface area contributed by atoms with Gasteiger partial charge >= 0.3 is 5.69 Å². The van der Waals surface area contributed by atoms with Crippen molar-refractivity contribution >= 4 is 11.5 Å². The largest absolute Gasteiger partial charge is 0.383 e. The maximum atomic E-state index is 11.3. The second-order valence-corrected chi connectivity index (χ2v) is 4.22. The van der Waals surface area contributed by atoms with Gasteiger partial charge in [-0.05, 0) is 13.8 Å². The van der Waals surface area contributed by atoms with Gasteiger partial charge in [-0.1, -0.05) is 0 Å². The summed E-state index contributed by atoms with van der Waals surface area (Å²) < 4.78 is 6.63. The molecule has 1 heterocycles. The van der Waals surface area contributed by atoms with Crippen molar-refractivity contribution in [3.8, 4) is 6.07 Å². The Bertz CT molecular complexity index is 506. The molecule has 20 heavy (non-hydrogen) atoms. The van der Waals surface area contributed by atoms with Gasteiger partial charge in [0.15, 0.2) is 0 Å². The number of hydrogen-bond donors (Lipinski definition) is 0. The molecule has 0 saturated heterocycles. The number of hydrogen-bond acceptors (Lipinski definition) is 6. The molecule has 0 amide bonds. The molecular weight excluding hydrogens is 262 g/mol. The zero-order valence-electron chi connectivity index (χ0n) is 12.0. The Morgan fingerprint density at radius 3 is 2.75 bits per heavy atom. The van der Waals surface area contributed by atoms with Gasteiger partial charge in [-0.15, -0.1) is 0 Å². The first-order valence-electron chi connectivity index (χ1n) is 6.39. The summed E-state index contributed by atoms with van der Waals surface area (Å²) in [6, 6.07) is 2.06. The molecule has 110 valence electrons. The van der Waals surface area contributed by atoms with Gasteiger partial charge in [-0.2, -0.15) is 10.4 Å². The van der Waals surface area contributed by atoms with E-state index in [1.54, 1.807) is 23.6 Å². The summed E-state index contributed by atoms with van der Waals surface area (Å²) in [5, 5.41) is 24.2. The Morgan fingerprint density at radius 2 is 2.25 bits per heavy atom. The predicted octanol–water partition coefficient (Wildman–Crippen LogP) is 1.49. The highest BCUT2D eigenvalue weighted by molar-refractivity contribution is 5.61. The van der Waals surface area contributed by atoms with Crippen LogP contribution in [-0.2, 0) is 11.3 Å². The molecule has 0 aromatic carbocycles. The van der Waals surface area contributed by atoms with Gasteiger partial charge < -0.3 is 9.64 Å². The lowest BCUT2D eigenvalue weighted by Gasteiger charge is -2.22. The average molecular weight is 281 g/mol. The van der Waals surface area contributed by atoms with E-state index >= 15 is 0 Å². The van der Waals surface area contributed by atoms with Crippen LogP contribution in [0.25, 0.3) is 0 Å². The first-order valence-corrected chi connectivity index (χ1v) is 6.39. The van der Waals surface area contributed by atoms with Crippen molar-refractivity contribution in [1.82, 2.24) is 9.78 Å². The molecule has 8 heteroatoms. The van der Waals surface area contributed by atoms with Crippen LogP contribution in [0.1, 0.15) is 19.0 Å². The van der Waals surface area contributed by atoms with Crippen molar-refractivity contribution < 1.29 is 9.66 Å². The average Bonchev–Trinajstić information content (AvgIpc) is 2.76. The highest BCUT2D eigenvalue weighted by Gasteiger charge is 2.28. The first-order chi connectivity index (χ1) is 9.56. The minimum absolute atomic E-state index is 0.000827. The molecule has 8 nitrogen and oxygen atoms in total. The third-order valence-electron chi connectivity index (χ3n) is 2.91. The summed E-state index contributed by atoms with van der Waals surface area (Å²) >= 11 is 0. The summed E-state index contributed by atoms with van der Waals surface area (Å²) in [7, 11) is 1.57. The van der Waals surface area contributed by atoms with Crippen molar-refractivity contribution in [2.45, 2.75) is 26.8 Å². The van der Waals surface area contributed by atoms with Crippen LogP contribution >= 0.6 is 0 Å². The molecule has 0 aliphatic carbocycles. The number of aromatic nitrogens is 2. The highest BCUT2D eigenvalue weighted by atomic mass is 16.6. The number of nitriles is 1. The molecule has 0 atom stereocenters. The Morgan fingerprint density at radius 1 is 1.55 bits per heavy atom. The molecule has 1 aromatic rings. The Labute approximate surface area is 117 Å². The molecule has 0 aliphatic heterocycles. The van der Waals surface area contributed by atoms with E-state index < -0.39 is 4.92 Å². The van der Waals surface area contributed by atoms with E-state index in [0.29, 0.717) is 37.8 Å². The van der Waals surface area contributed by atoms with Gasteiger partial charge in [0.05, 0.1) is 24.0 Å². The molecule has 0 saturated carbocycles. The van der Waals surface area contributed by atoms with Gasteiger partial charge in [-0.3, -0.25) is 10.1 Å². The minimum atomic E-state index is -0.421. The van der Waals surface area contributed by atoms with E-state index in [-0.39, 0.29) is 12.1 Å². The third-order valence-corrected chi connectivity index (χ3v) is 2.91. The van der Waals surface area contributed by atoms with Gasteiger partial charge in [-0.25, -0.2) is 4.68 Å². The number of anilines is 1. The van der Waals surface area contributed by atoms with Gasteiger partial charge in [0.1, 0.15) is 5.69 Å². The maximum Gasteiger partial charge on any atom is 0.333 e. The molecular formula is C12H19N5O3. The lowest BCUT2D eigenvalue weighted by atomic mass is 10.3. The smallest absolute Gasteiger partial charge is 0.333 e. The van der Waals surface area contributed by atoms with Crippen molar-refractivity contribution in [2.75, 3.05) is 31.7 Å². The van der Waals surface area contributed by atoms with E-state index in [1.165, 1.54) is 0 Å². The zero-order chi connectivity index (χ0) is 15.1. The molecule has 0 fully saturated rings. The fraction of sp³-hybridized carbons (Fsp3) is 0.667. The van der Waals surface area contributed by atoms with Crippen LogP contribution in [0.4, 0.5) is 11.5 Å². The van der Waals surface area contributed by atoms with Crippen LogP contribution in [0.15, 0.2) is 0 Å². The van der Waals surface area contributed by atoms with Crippen LogP contribution in [-0.4, -0.2) is 41.5 Å². The topological polar surface area (TPSA) is 97.2 Å². The lowest BCUT2D eigenvalue weighted by molar-refractivity contribution is -0.384. The molecule has 1 rings (SSSR count). The minimum Gasteiger partial charge on any atom is -0.383 e. The summed E-state index contributed by atoms with van der Waals surface area (Å²) in [4.78, 5) is 12.6. The number of methoxy groups -OCH3 is 1. The van der Waals surface area contributed by atoms with Gasteiger partial charge in [0.25, 0.3) is 0 Å². The molecule has 0 unspecified atom stereocenters. The van der Waals surface area contributed by atoms with Crippen molar-refractivity contribution in [1.29, 1.82) is 5.26 Å². The Balaban J connectivity index is 3.21. The van der Waals surface area contributed by atoms with Crippen molar-refractivity contribution in [2.24, 2.45) is 0 Å². The van der Waals surface area contributed by atoms with Crippen LogP contribution in [0.5, 0.6) is 0 Å². The molecule has 0 bridgehead atoms. The first kappa shape index (κ1) is 15.9. The second kappa shape index (κ2) is 7.45. The van der Waals surface area contributed by atoms with Crippen LogP contribution in [0.2, 0.25) is 0 Å². The van der Waals surface area contributed by atoms with E-state index in [1.807, 2.05) is 6.92 Å². The Kier molecular flexibility index (Phi) is 5.93.